The number of nitrogens with one attached hydrogen (secondary N) is 1. The van der Waals surface area contributed by atoms with E-state index in [0.29, 0.717) is 25.6 Å². The van der Waals surface area contributed by atoms with Crippen molar-refractivity contribution in [2.75, 3.05) is 32.8 Å². The molecule has 1 unspecified atom stereocenters. The van der Waals surface area contributed by atoms with Gasteiger partial charge in [-0.05, 0) is 38.2 Å². The number of hydrogen-bond donors (Lipinski definition) is 1. The minimum absolute atomic E-state index is 0.0356. The minimum Gasteiger partial charge on any atom is -0.376 e. The van der Waals surface area contributed by atoms with Crippen molar-refractivity contribution in [1.29, 1.82) is 0 Å². The van der Waals surface area contributed by atoms with Gasteiger partial charge in [-0.25, -0.2) is 9.48 Å². The van der Waals surface area contributed by atoms with Crippen LogP contribution in [0.5, 0.6) is 0 Å². The number of hydrogen-bond acceptors (Lipinski definition) is 4. The maximum absolute atomic E-state index is 12.5. The Bertz CT molecular complexity index is 936. The number of nitrogens with zero attached hydrogens (tertiary/aromatic N) is 5. The van der Waals surface area contributed by atoms with Crippen molar-refractivity contribution in [2.24, 2.45) is 10.9 Å². The summed E-state index contributed by atoms with van der Waals surface area (Å²) in [5.41, 5.74) is 1.25. The average Bonchev–Trinajstić information content (AvgIpc) is 3.41. The molecular weight excluding hydrogens is 404 g/mol. The molecule has 8 nitrogen and oxygen atoms in total. The summed E-state index contributed by atoms with van der Waals surface area (Å²) in [5, 5.41) is 7.94. The summed E-state index contributed by atoms with van der Waals surface area (Å²) in [5.74, 6) is 2.43. The molecule has 8 heteroatoms. The number of aryl methyl sites for hydroxylation is 2. The molecule has 1 fully saturated rings. The smallest absolute Gasteiger partial charge is 0.345 e. The molecule has 1 N–H and O–H groups in total. The maximum Gasteiger partial charge on any atom is 0.345 e. The van der Waals surface area contributed by atoms with Crippen LogP contribution in [0.3, 0.4) is 0 Å². The van der Waals surface area contributed by atoms with Crippen molar-refractivity contribution in [3.8, 4) is 0 Å². The Hall–Kier alpha value is -2.61. The van der Waals surface area contributed by atoms with E-state index in [4.69, 9.17) is 9.73 Å². The van der Waals surface area contributed by atoms with E-state index >= 15 is 0 Å². The SMILES string of the molecule is CCNC(=NCCCn1nc2n(c1=O)CCCC2)N1CCC(COCc2ccccc2)C1. The van der Waals surface area contributed by atoms with Gasteiger partial charge in [-0.3, -0.25) is 9.56 Å². The van der Waals surface area contributed by atoms with Crippen LogP contribution in [0.15, 0.2) is 40.1 Å². The number of likely N-dealkylation sites (tertiary alicyclic amines) is 1. The number of rotatable bonds is 9. The van der Waals surface area contributed by atoms with Gasteiger partial charge in [0.1, 0.15) is 5.82 Å². The zero-order valence-corrected chi connectivity index (χ0v) is 19.2. The molecule has 1 atom stereocenters. The highest BCUT2D eigenvalue weighted by molar-refractivity contribution is 5.80. The Morgan fingerprint density at radius 1 is 1.25 bits per heavy atom. The number of ether oxygens (including phenoxy) is 1. The molecule has 1 saturated heterocycles. The molecule has 2 aliphatic heterocycles. The third-order valence-corrected chi connectivity index (χ3v) is 6.21. The average molecular weight is 441 g/mol. The number of aliphatic imine (C=N–C) groups is 1. The Kier molecular flexibility index (Phi) is 7.98. The van der Waals surface area contributed by atoms with Gasteiger partial charge in [0, 0.05) is 51.6 Å². The quantitative estimate of drug-likeness (QED) is 0.368. The molecule has 0 aliphatic carbocycles. The fourth-order valence-electron chi connectivity index (χ4n) is 4.50. The largest absolute Gasteiger partial charge is 0.376 e. The Morgan fingerprint density at radius 2 is 2.12 bits per heavy atom. The van der Waals surface area contributed by atoms with Crippen LogP contribution in [-0.2, 0) is 30.9 Å². The van der Waals surface area contributed by atoms with Gasteiger partial charge in [0.2, 0.25) is 0 Å². The topological polar surface area (TPSA) is 76.7 Å². The van der Waals surface area contributed by atoms with Gasteiger partial charge in [0.05, 0.1) is 13.2 Å². The van der Waals surface area contributed by atoms with Crippen LogP contribution in [0, 0.1) is 5.92 Å². The highest BCUT2D eigenvalue weighted by Gasteiger charge is 2.25. The fraction of sp³-hybridized carbons (Fsp3) is 0.625. The lowest BCUT2D eigenvalue weighted by molar-refractivity contribution is 0.0907. The van der Waals surface area contributed by atoms with Gasteiger partial charge in [-0.2, -0.15) is 5.10 Å². The zero-order chi connectivity index (χ0) is 22.2. The summed E-state index contributed by atoms with van der Waals surface area (Å²) in [6.07, 6.45) is 5.04. The fourth-order valence-corrected chi connectivity index (χ4v) is 4.50. The zero-order valence-electron chi connectivity index (χ0n) is 19.2. The Labute approximate surface area is 190 Å². The van der Waals surface area contributed by atoms with Crippen molar-refractivity contribution >= 4 is 5.96 Å². The van der Waals surface area contributed by atoms with E-state index in [0.717, 1.165) is 76.7 Å². The van der Waals surface area contributed by atoms with Crippen molar-refractivity contribution in [1.82, 2.24) is 24.6 Å². The molecule has 0 saturated carbocycles. The van der Waals surface area contributed by atoms with E-state index in [-0.39, 0.29) is 5.69 Å². The second-order valence-electron chi connectivity index (χ2n) is 8.72. The summed E-state index contributed by atoms with van der Waals surface area (Å²) in [4.78, 5) is 19.6. The normalized spacial score (nSPS) is 18.7. The molecule has 4 rings (SSSR count). The molecular formula is C24H36N6O2. The monoisotopic (exact) mass is 440 g/mol. The van der Waals surface area contributed by atoms with Crippen LogP contribution in [0.1, 0.15) is 44.0 Å². The van der Waals surface area contributed by atoms with Crippen molar-refractivity contribution in [2.45, 2.75) is 58.7 Å². The summed E-state index contributed by atoms with van der Waals surface area (Å²) < 4.78 is 9.42. The lowest BCUT2D eigenvalue weighted by Crippen LogP contribution is -2.40. The first-order chi connectivity index (χ1) is 15.7. The van der Waals surface area contributed by atoms with E-state index in [1.807, 2.05) is 22.8 Å². The molecule has 1 aromatic carbocycles. The first kappa shape index (κ1) is 22.6. The first-order valence-corrected chi connectivity index (χ1v) is 12.1. The lowest BCUT2D eigenvalue weighted by Gasteiger charge is -2.21. The second-order valence-corrected chi connectivity index (χ2v) is 8.72. The summed E-state index contributed by atoms with van der Waals surface area (Å²) in [6, 6.07) is 10.3. The van der Waals surface area contributed by atoms with E-state index in [9.17, 15) is 4.79 Å². The summed E-state index contributed by atoms with van der Waals surface area (Å²) >= 11 is 0. The molecule has 174 valence electrons. The standard InChI is InChI=1S/C24H36N6O2/c1-2-25-23(26-13-8-15-30-24(31)29-14-7-6-11-22(29)27-30)28-16-12-21(17-28)19-32-18-20-9-4-3-5-10-20/h3-5,9-10,21H,2,6-8,11-19H2,1H3,(H,25,26). The first-order valence-electron chi connectivity index (χ1n) is 12.1. The summed E-state index contributed by atoms with van der Waals surface area (Å²) in [7, 11) is 0. The van der Waals surface area contributed by atoms with Crippen LogP contribution >= 0.6 is 0 Å². The molecule has 1 aromatic heterocycles. The third-order valence-electron chi connectivity index (χ3n) is 6.21. The molecule has 0 bridgehead atoms. The van der Waals surface area contributed by atoms with Gasteiger partial charge >= 0.3 is 5.69 Å². The molecule has 0 spiro atoms. The van der Waals surface area contributed by atoms with Crippen molar-refractivity contribution in [3.63, 3.8) is 0 Å². The maximum atomic E-state index is 12.5. The highest BCUT2D eigenvalue weighted by Crippen LogP contribution is 2.17. The van der Waals surface area contributed by atoms with Gasteiger partial charge in [0.25, 0.3) is 0 Å². The minimum atomic E-state index is 0.0356. The van der Waals surface area contributed by atoms with Gasteiger partial charge in [0.15, 0.2) is 5.96 Å². The van der Waals surface area contributed by atoms with Crippen LogP contribution in [0.2, 0.25) is 0 Å². The van der Waals surface area contributed by atoms with Gasteiger partial charge in [-0.15, -0.1) is 0 Å². The lowest BCUT2D eigenvalue weighted by atomic mass is 10.1. The van der Waals surface area contributed by atoms with Gasteiger partial charge < -0.3 is 15.0 Å². The molecule has 2 aliphatic rings. The highest BCUT2D eigenvalue weighted by atomic mass is 16.5. The van der Waals surface area contributed by atoms with E-state index < -0.39 is 0 Å². The molecule has 32 heavy (non-hydrogen) atoms. The predicted molar refractivity (Wildman–Crippen MR) is 126 cm³/mol. The van der Waals surface area contributed by atoms with Crippen LogP contribution in [0.25, 0.3) is 0 Å². The number of fused-ring (bicyclic) bond motifs is 1. The third kappa shape index (κ3) is 5.79. The number of guanidine groups is 1. The van der Waals surface area contributed by atoms with Crippen molar-refractivity contribution < 1.29 is 4.74 Å². The number of benzene rings is 1. The molecule has 0 amide bonds. The number of aromatic nitrogens is 3. The summed E-state index contributed by atoms with van der Waals surface area (Å²) in [6.45, 7) is 8.47. The van der Waals surface area contributed by atoms with Crippen LogP contribution in [-0.4, -0.2) is 58.0 Å². The van der Waals surface area contributed by atoms with E-state index in [1.54, 1.807) is 4.68 Å². The van der Waals surface area contributed by atoms with Crippen LogP contribution < -0.4 is 11.0 Å². The van der Waals surface area contributed by atoms with Crippen LogP contribution in [0.4, 0.5) is 0 Å². The van der Waals surface area contributed by atoms with E-state index in [2.05, 4.69) is 34.4 Å². The molecule has 3 heterocycles. The second kappa shape index (κ2) is 11.3. The van der Waals surface area contributed by atoms with E-state index in [1.165, 1.54) is 5.56 Å². The molecule has 0 radical (unpaired) electrons. The van der Waals surface area contributed by atoms with Gasteiger partial charge in [-0.1, -0.05) is 30.3 Å². The Morgan fingerprint density at radius 3 is 2.94 bits per heavy atom. The van der Waals surface area contributed by atoms with Crippen molar-refractivity contribution in [3.05, 3.63) is 52.2 Å². The molecule has 2 aromatic rings. The Balaban J connectivity index is 1.23. The predicted octanol–water partition coefficient (Wildman–Crippen LogP) is 2.28.